The third-order valence-electron chi connectivity index (χ3n) is 4.84. The van der Waals surface area contributed by atoms with Crippen LogP contribution in [0.5, 0.6) is 5.75 Å². The molecular weight excluding hydrogens is 358 g/mol. The summed E-state index contributed by atoms with van der Waals surface area (Å²) in [6.07, 6.45) is 1.82. The van der Waals surface area contributed by atoms with Gasteiger partial charge in [0.15, 0.2) is 0 Å². The van der Waals surface area contributed by atoms with Gasteiger partial charge in [0.1, 0.15) is 12.4 Å². The first-order valence-corrected chi connectivity index (χ1v) is 9.73. The maximum absolute atomic E-state index is 12.7. The number of benzene rings is 1. The molecular formula is C21H25N3O2S. The molecule has 5 nitrogen and oxygen atoms in total. The number of aryl methyl sites for hydroxylation is 3. The lowest BCUT2D eigenvalue weighted by molar-refractivity contribution is 0.0789. The van der Waals surface area contributed by atoms with Crippen LogP contribution in [0.1, 0.15) is 37.6 Å². The van der Waals surface area contributed by atoms with Crippen molar-refractivity contribution in [2.75, 3.05) is 7.05 Å². The van der Waals surface area contributed by atoms with Gasteiger partial charge in [0.25, 0.3) is 5.91 Å². The van der Waals surface area contributed by atoms with Crippen LogP contribution in [0.4, 0.5) is 0 Å². The van der Waals surface area contributed by atoms with Crippen molar-refractivity contribution in [3.63, 3.8) is 0 Å². The van der Waals surface area contributed by atoms with E-state index < -0.39 is 0 Å². The summed E-state index contributed by atoms with van der Waals surface area (Å²) in [5, 5.41) is 6.22. The highest BCUT2D eigenvalue weighted by Crippen LogP contribution is 2.21. The minimum absolute atomic E-state index is 0.0145. The second-order valence-corrected chi connectivity index (χ2v) is 7.81. The quantitative estimate of drug-likeness (QED) is 0.639. The van der Waals surface area contributed by atoms with Crippen molar-refractivity contribution in [1.82, 2.24) is 14.7 Å². The van der Waals surface area contributed by atoms with E-state index in [9.17, 15) is 4.79 Å². The number of rotatable bonds is 6. The van der Waals surface area contributed by atoms with E-state index in [4.69, 9.17) is 4.74 Å². The summed E-state index contributed by atoms with van der Waals surface area (Å²) in [6, 6.07) is 7.99. The van der Waals surface area contributed by atoms with E-state index in [1.807, 2.05) is 55.5 Å². The van der Waals surface area contributed by atoms with Crippen LogP contribution in [0.15, 0.2) is 35.8 Å². The Kier molecular flexibility index (Phi) is 5.65. The van der Waals surface area contributed by atoms with Crippen molar-refractivity contribution < 1.29 is 9.53 Å². The molecule has 0 aliphatic rings. The third kappa shape index (κ3) is 4.39. The zero-order chi connectivity index (χ0) is 19.6. The van der Waals surface area contributed by atoms with E-state index in [1.54, 1.807) is 4.90 Å². The molecule has 0 fully saturated rings. The molecule has 0 unspecified atom stereocenters. The van der Waals surface area contributed by atoms with Crippen LogP contribution in [0.25, 0.3) is 0 Å². The zero-order valence-electron chi connectivity index (χ0n) is 16.4. The molecule has 0 spiro atoms. The first-order chi connectivity index (χ1) is 12.8. The Balaban J connectivity index is 1.61. The smallest absolute Gasteiger partial charge is 0.263 e. The van der Waals surface area contributed by atoms with Crippen molar-refractivity contribution in [3.05, 3.63) is 68.7 Å². The summed E-state index contributed by atoms with van der Waals surface area (Å²) < 4.78 is 7.69. The Morgan fingerprint density at radius 3 is 2.67 bits per heavy atom. The number of carbonyl (C=O) groups excluding carboxylic acids is 1. The molecule has 0 aliphatic heterocycles. The molecule has 3 rings (SSSR count). The number of nitrogens with zero attached hydrogens (tertiary/aromatic N) is 3. The predicted octanol–water partition coefficient (Wildman–Crippen LogP) is 4.26. The van der Waals surface area contributed by atoms with Crippen LogP contribution in [0.2, 0.25) is 0 Å². The van der Waals surface area contributed by atoms with Gasteiger partial charge in [0.2, 0.25) is 0 Å². The molecule has 142 valence electrons. The highest BCUT2D eigenvalue weighted by molar-refractivity contribution is 7.12. The fraction of sp³-hybridized carbons (Fsp3) is 0.333. The Bertz CT molecular complexity index is 958. The Morgan fingerprint density at radius 1 is 1.22 bits per heavy atom. The van der Waals surface area contributed by atoms with E-state index >= 15 is 0 Å². The van der Waals surface area contributed by atoms with Gasteiger partial charge >= 0.3 is 0 Å². The fourth-order valence-electron chi connectivity index (χ4n) is 2.75. The number of carbonyl (C=O) groups is 1. The molecule has 0 bridgehead atoms. The van der Waals surface area contributed by atoms with Gasteiger partial charge < -0.3 is 9.64 Å². The van der Waals surface area contributed by atoms with Gasteiger partial charge in [-0.05, 0) is 55.5 Å². The molecule has 1 aromatic carbocycles. The van der Waals surface area contributed by atoms with Gasteiger partial charge in [-0.25, -0.2) is 0 Å². The average molecular weight is 384 g/mol. The average Bonchev–Trinajstić information content (AvgIpc) is 3.24. The number of ether oxygens (including phenoxy) is 1. The number of hydrogen-bond donors (Lipinski definition) is 0. The summed E-state index contributed by atoms with van der Waals surface area (Å²) >= 11 is 1.45. The lowest BCUT2D eigenvalue weighted by Crippen LogP contribution is -2.25. The molecule has 27 heavy (non-hydrogen) atoms. The van der Waals surface area contributed by atoms with Gasteiger partial charge in [-0.3, -0.25) is 9.48 Å². The van der Waals surface area contributed by atoms with Gasteiger partial charge in [-0.15, -0.1) is 11.3 Å². The first-order valence-electron chi connectivity index (χ1n) is 8.85. The maximum atomic E-state index is 12.7. The van der Waals surface area contributed by atoms with Gasteiger partial charge in [0, 0.05) is 37.5 Å². The molecule has 0 saturated heterocycles. The first kappa shape index (κ1) is 19.2. The highest BCUT2D eigenvalue weighted by atomic mass is 32.1. The Labute approximate surface area is 164 Å². The number of hydrogen-bond acceptors (Lipinski definition) is 4. The molecule has 0 atom stereocenters. The lowest BCUT2D eigenvalue weighted by atomic mass is 10.1. The summed E-state index contributed by atoms with van der Waals surface area (Å²) in [5.41, 5.74) is 5.60. The minimum atomic E-state index is 0.0145. The summed E-state index contributed by atoms with van der Waals surface area (Å²) in [6.45, 7) is 7.17. The lowest BCUT2D eigenvalue weighted by Gasteiger charge is -2.15. The van der Waals surface area contributed by atoms with E-state index in [-0.39, 0.29) is 5.91 Å². The molecule has 0 saturated carbocycles. The number of thiophene rings is 1. The molecule has 2 heterocycles. The largest absolute Gasteiger partial charge is 0.489 e. The number of aromatic nitrogens is 2. The van der Waals surface area contributed by atoms with Crippen molar-refractivity contribution in [2.45, 2.75) is 33.9 Å². The SMILES string of the molecule is Cc1ccc(OCc2csc(C(=O)N(C)Cc3cnn(C)c3C)c2)cc1C. The van der Waals surface area contributed by atoms with Crippen LogP contribution in [-0.4, -0.2) is 27.6 Å². The Hall–Kier alpha value is -2.60. The molecule has 1 amide bonds. The van der Waals surface area contributed by atoms with Crippen LogP contribution < -0.4 is 4.74 Å². The van der Waals surface area contributed by atoms with Crippen LogP contribution in [0, 0.1) is 20.8 Å². The summed E-state index contributed by atoms with van der Waals surface area (Å²) in [7, 11) is 3.72. The van der Waals surface area contributed by atoms with E-state index in [1.165, 1.54) is 22.5 Å². The van der Waals surface area contributed by atoms with E-state index in [0.29, 0.717) is 13.2 Å². The summed E-state index contributed by atoms with van der Waals surface area (Å²) in [5.74, 6) is 0.863. The topological polar surface area (TPSA) is 47.4 Å². The predicted molar refractivity (Wildman–Crippen MR) is 108 cm³/mol. The molecule has 0 aliphatic carbocycles. The fourth-order valence-corrected chi connectivity index (χ4v) is 3.64. The monoisotopic (exact) mass is 383 g/mol. The van der Waals surface area contributed by atoms with Crippen molar-refractivity contribution in [1.29, 1.82) is 0 Å². The van der Waals surface area contributed by atoms with Crippen LogP contribution in [0.3, 0.4) is 0 Å². The van der Waals surface area contributed by atoms with E-state index in [2.05, 4.69) is 25.0 Å². The van der Waals surface area contributed by atoms with Crippen molar-refractivity contribution >= 4 is 17.2 Å². The summed E-state index contributed by atoms with van der Waals surface area (Å²) in [4.78, 5) is 15.2. The third-order valence-corrected chi connectivity index (χ3v) is 5.81. The van der Waals surface area contributed by atoms with Crippen LogP contribution >= 0.6 is 11.3 Å². The van der Waals surface area contributed by atoms with Gasteiger partial charge in [-0.1, -0.05) is 6.07 Å². The van der Waals surface area contributed by atoms with Gasteiger partial charge in [0.05, 0.1) is 11.1 Å². The molecule has 3 aromatic rings. The molecule has 6 heteroatoms. The second-order valence-electron chi connectivity index (χ2n) is 6.89. The van der Waals surface area contributed by atoms with Gasteiger partial charge in [-0.2, -0.15) is 5.10 Å². The molecule has 2 aromatic heterocycles. The van der Waals surface area contributed by atoms with Crippen molar-refractivity contribution in [3.8, 4) is 5.75 Å². The minimum Gasteiger partial charge on any atom is -0.489 e. The molecule has 0 radical (unpaired) electrons. The second kappa shape index (κ2) is 7.96. The normalized spacial score (nSPS) is 10.9. The molecule has 0 N–H and O–H groups in total. The van der Waals surface area contributed by atoms with E-state index in [0.717, 1.165) is 27.4 Å². The number of amides is 1. The zero-order valence-corrected chi connectivity index (χ0v) is 17.3. The maximum Gasteiger partial charge on any atom is 0.263 e. The van der Waals surface area contributed by atoms with Crippen LogP contribution in [-0.2, 0) is 20.2 Å². The standard InChI is InChI=1S/C21H25N3O2S/c1-14-6-7-19(8-15(14)2)26-12-17-9-20(27-13-17)21(25)23(4)11-18-10-22-24(5)16(18)3/h6-10,13H,11-12H2,1-5H3. The van der Waals surface area contributed by atoms with Crippen molar-refractivity contribution in [2.24, 2.45) is 7.05 Å². The Morgan fingerprint density at radius 2 is 2.00 bits per heavy atom. The highest BCUT2D eigenvalue weighted by Gasteiger charge is 2.16.